The van der Waals surface area contributed by atoms with Crippen LogP contribution in [0.4, 0.5) is 0 Å². The van der Waals surface area contributed by atoms with Crippen LogP contribution in [-0.2, 0) is 25.8 Å². The molecule has 0 bridgehead atoms. The number of rotatable bonds is 3. The molecule has 31 heavy (non-hydrogen) atoms. The molecule has 0 amide bonds. The predicted molar refractivity (Wildman–Crippen MR) is 98.5 cm³/mol. The first kappa shape index (κ1) is 27.3. The third-order valence-electron chi connectivity index (χ3n) is 3.35. The summed E-state index contributed by atoms with van der Waals surface area (Å²) in [5.74, 6) is -4.87. The minimum atomic E-state index is -1.18. The Balaban J connectivity index is 0.000000429. The van der Waals surface area contributed by atoms with Gasteiger partial charge < -0.3 is 30.6 Å². The molecular weight excluding hydrogens is 441 g/mol. The summed E-state index contributed by atoms with van der Waals surface area (Å²) in [5, 5.41) is 57.1. The van der Waals surface area contributed by atoms with Gasteiger partial charge in [0.15, 0.2) is 0 Å². The van der Waals surface area contributed by atoms with Crippen molar-refractivity contribution in [1.82, 2.24) is 0 Å². The summed E-state index contributed by atoms with van der Waals surface area (Å²) in [6.45, 7) is 0. The number of carboxylic acid groups (broad SMARTS) is 3. The van der Waals surface area contributed by atoms with E-state index in [1.165, 1.54) is 72.8 Å². The Bertz CT molecular complexity index is 903. The molecule has 3 rings (SSSR count). The van der Waals surface area contributed by atoms with Crippen molar-refractivity contribution >= 4 is 17.9 Å². The summed E-state index contributed by atoms with van der Waals surface area (Å²) in [5.41, 5.74) is -0.535. The van der Waals surface area contributed by atoms with Crippen LogP contribution in [0.1, 0.15) is 31.1 Å². The van der Waals surface area contributed by atoms with E-state index < -0.39 is 35.2 Å². The maximum atomic E-state index is 10.7. The molecule has 0 saturated carbocycles. The van der Waals surface area contributed by atoms with E-state index in [2.05, 4.69) is 0 Å². The SMILES string of the molecule is O=C(O)c1ccccc1[O-].O=C(O)c1ccccc1[O-].O=C(O)c1ccccc1[O-].[Sc+3]. The minimum absolute atomic E-state index is 0. The van der Waals surface area contributed by atoms with Crippen molar-refractivity contribution in [2.45, 2.75) is 0 Å². The maximum absolute atomic E-state index is 10.7. The first-order valence-corrected chi connectivity index (χ1v) is 8.13. The smallest absolute Gasteiger partial charge is 0.872 e. The normalized spacial score (nSPS) is 8.90. The fourth-order valence-electron chi connectivity index (χ4n) is 1.93. The van der Waals surface area contributed by atoms with Crippen molar-refractivity contribution in [3.05, 3.63) is 89.5 Å². The molecule has 3 aromatic carbocycles. The Morgan fingerprint density at radius 3 is 0.806 bits per heavy atom. The molecule has 10 heteroatoms. The van der Waals surface area contributed by atoms with E-state index in [1.807, 2.05) is 0 Å². The molecule has 0 atom stereocenters. The molecule has 3 N–H and O–H groups in total. The molecule has 0 heterocycles. The second-order valence-electron chi connectivity index (χ2n) is 5.40. The van der Waals surface area contributed by atoms with E-state index in [-0.39, 0.29) is 42.5 Å². The zero-order chi connectivity index (χ0) is 22.7. The van der Waals surface area contributed by atoms with E-state index >= 15 is 0 Å². The molecule has 0 aliphatic rings. The van der Waals surface area contributed by atoms with E-state index in [4.69, 9.17) is 15.3 Å². The van der Waals surface area contributed by atoms with Gasteiger partial charge in [-0.15, -0.1) is 0 Å². The number of carboxylic acids is 3. The van der Waals surface area contributed by atoms with Gasteiger partial charge in [0.05, 0.1) is 16.7 Å². The summed E-state index contributed by atoms with van der Waals surface area (Å²) in [6.07, 6.45) is 0. The van der Waals surface area contributed by atoms with E-state index in [0.29, 0.717) is 0 Å². The van der Waals surface area contributed by atoms with Crippen LogP contribution in [0.3, 0.4) is 0 Å². The summed E-state index contributed by atoms with van der Waals surface area (Å²) in [6, 6.07) is 16.6. The van der Waals surface area contributed by atoms with Crippen LogP contribution in [0, 0.1) is 0 Å². The third kappa shape index (κ3) is 9.13. The monoisotopic (exact) mass is 456 g/mol. The average molecular weight is 456 g/mol. The van der Waals surface area contributed by atoms with Gasteiger partial charge in [-0.05, 0) is 18.2 Å². The maximum Gasteiger partial charge on any atom is 3.00 e. The van der Waals surface area contributed by atoms with Crippen LogP contribution in [0.25, 0.3) is 0 Å². The predicted octanol–water partition coefficient (Wildman–Crippen LogP) is 1.37. The average Bonchev–Trinajstić information content (AvgIpc) is 2.69. The number of aromatic carboxylic acids is 3. The number of hydrogen-bond acceptors (Lipinski definition) is 6. The molecule has 0 unspecified atom stereocenters. The van der Waals surface area contributed by atoms with Gasteiger partial charge in [0.25, 0.3) is 0 Å². The van der Waals surface area contributed by atoms with Gasteiger partial charge in [-0.2, -0.15) is 0 Å². The van der Waals surface area contributed by atoms with E-state index in [9.17, 15) is 29.7 Å². The first-order valence-electron chi connectivity index (χ1n) is 8.13. The van der Waals surface area contributed by atoms with Crippen molar-refractivity contribution in [3.63, 3.8) is 0 Å². The van der Waals surface area contributed by atoms with Crippen LogP contribution in [0.2, 0.25) is 0 Å². The molecule has 0 spiro atoms. The number of hydrogen-bond donors (Lipinski definition) is 3. The van der Waals surface area contributed by atoms with Crippen LogP contribution >= 0.6 is 0 Å². The Morgan fingerprint density at radius 1 is 0.484 bits per heavy atom. The van der Waals surface area contributed by atoms with Gasteiger partial charge in [-0.25, -0.2) is 14.4 Å². The third-order valence-corrected chi connectivity index (χ3v) is 3.35. The Hall–Kier alpha value is -3.66. The molecule has 0 aliphatic carbocycles. The number of benzene rings is 3. The quantitative estimate of drug-likeness (QED) is 0.524. The van der Waals surface area contributed by atoms with Crippen molar-refractivity contribution in [3.8, 4) is 17.2 Å². The summed E-state index contributed by atoms with van der Waals surface area (Å²) >= 11 is 0. The van der Waals surface area contributed by atoms with Crippen LogP contribution in [-0.4, -0.2) is 33.2 Å². The molecule has 156 valence electrons. The minimum Gasteiger partial charge on any atom is -0.872 e. The van der Waals surface area contributed by atoms with E-state index in [0.717, 1.165) is 0 Å². The zero-order valence-corrected chi connectivity index (χ0v) is 17.6. The summed E-state index contributed by atoms with van der Waals surface area (Å²) in [4.78, 5) is 30.7. The first-order chi connectivity index (χ1) is 14.1. The van der Waals surface area contributed by atoms with Gasteiger partial charge in [-0.1, -0.05) is 71.8 Å². The second-order valence-corrected chi connectivity index (χ2v) is 5.40. The molecule has 0 fully saturated rings. The number of para-hydroxylation sites is 3. The van der Waals surface area contributed by atoms with E-state index in [1.54, 1.807) is 0 Å². The second kappa shape index (κ2) is 13.5. The molecule has 3 aromatic rings. The fourth-order valence-corrected chi connectivity index (χ4v) is 1.93. The van der Waals surface area contributed by atoms with Crippen molar-refractivity contribution in [1.29, 1.82) is 0 Å². The van der Waals surface area contributed by atoms with Gasteiger partial charge >= 0.3 is 43.8 Å². The molecule has 0 aromatic heterocycles. The molecule has 0 aliphatic heterocycles. The van der Waals surface area contributed by atoms with Crippen molar-refractivity contribution in [2.24, 2.45) is 0 Å². The molecule has 0 radical (unpaired) electrons. The van der Waals surface area contributed by atoms with Gasteiger partial charge in [0.1, 0.15) is 0 Å². The van der Waals surface area contributed by atoms with Gasteiger partial charge in [0.2, 0.25) is 0 Å². The summed E-state index contributed by atoms with van der Waals surface area (Å²) in [7, 11) is 0. The van der Waals surface area contributed by atoms with Crippen LogP contribution in [0.15, 0.2) is 72.8 Å². The zero-order valence-electron chi connectivity index (χ0n) is 15.8. The standard InChI is InChI=1S/3C7H6O3.Sc/c3*8-6-4-2-1-3-5(6)7(9)10;/h3*1-4,8H,(H,9,10);/q;;;+3/p-3. The van der Waals surface area contributed by atoms with Crippen LogP contribution < -0.4 is 15.3 Å². The Labute approximate surface area is 195 Å². The number of carbonyl (C=O) groups is 3. The molecule has 0 saturated heterocycles. The van der Waals surface area contributed by atoms with Crippen molar-refractivity contribution in [2.75, 3.05) is 0 Å². The summed E-state index contributed by atoms with van der Waals surface area (Å²) < 4.78 is 0. The topological polar surface area (TPSA) is 181 Å². The molecule has 9 nitrogen and oxygen atoms in total. The molecular formula is C21H15O9Sc. The van der Waals surface area contributed by atoms with Crippen LogP contribution in [0.5, 0.6) is 17.2 Å². The Kier molecular flexibility index (Phi) is 11.9. The van der Waals surface area contributed by atoms with Crippen molar-refractivity contribution < 1.29 is 70.9 Å². The Morgan fingerprint density at radius 2 is 0.677 bits per heavy atom. The largest absolute Gasteiger partial charge is 3.00 e. The van der Waals surface area contributed by atoms with Gasteiger partial charge in [-0.3, -0.25) is 0 Å². The van der Waals surface area contributed by atoms with Gasteiger partial charge in [0, 0.05) is 0 Å². The fraction of sp³-hybridized carbons (Fsp3) is 0.